The fourth-order valence-electron chi connectivity index (χ4n) is 3.35. The second-order valence-electron chi connectivity index (χ2n) is 6.41. The van der Waals surface area contributed by atoms with Gasteiger partial charge in [-0.05, 0) is 25.3 Å². The molecule has 3 N–H and O–H groups in total. The first-order chi connectivity index (χ1) is 11.4. The normalized spacial score (nSPS) is 21.0. The Balaban J connectivity index is 2.08. The van der Waals surface area contributed by atoms with Crippen LogP contribution in [-0.2, 0) is 0 Å². The lowest BCUT2D eigenvalue weighted by Gasteiger charge is -2.22. The highest BCUT2D eigenvalue weighted by atomic mass is 35.5. The van der Waals surface area contributed by atoms with Crippen LogP contribution in [0, 0.1) is 5.82 Å². The highest BCUT2D eigenvalue weighted by Crippen LogP contribution is 2.41. The van der Waals surface area contributed by atoms with Gasteiger partial charge in [-0.25, -0.2) is 9.18 Å². The number of anilines is 1. The summed E-state index contributed by atoms with van der Waals surface area (Å²) in [5.41, 5.74) is 4.38. The lowest BCUT2D eigenvalue weighted by molar-refractivity contribution is 0.157. The van der Waals surface area contributed by atoms with Gasteiger partial charge in [-0.1, -0.05) is 16.3 Å². The fourth-order valence-corrected chi connectivity index (χ4v) is 3.75. The van der Waals surface area contributed by atoms with E-state index in [4.69, 9.17) is 17.3 Å². The monoisotopic (exact) mass is 354 g/mol. The van der Waals surface area contributed by atoms with Crippen LogP contribution in [0.4, 0.5) is 10.1 Å². The Morgan fingerprint density at radius 1 is 1.29 bits per heavy atom. The van der Waals surface area contributed by atoms with Crippen LogP contribution in [0.5, 0.6) is 0 Å². The third-order valence-electron chi connectivity index (χ3n) is 4.67. The Morgan fingerprint density at radius 3 is 2.58 bits per heavy atom. The molecule has 9 heteroatoms. The van der Waals surface area contributed by atoms with Crippen LogP contribution in [-0.4, -0.2) is 33.6 Å². The van der Waals surface area contributed by atoms with Crippen molar-refractivity contribution in [2.24, 2.45) is 5.73 Å². The zero-order chi connectivity index (χ0) is 17.2. The third-order valence-corrected chi connectivity index (χ3v) is 5.03. The van der Waals surface area contributed by atoms with E-state index in [2.05, 4.69) is 0 Å². The van der Waals surface area contributed by atoms with E-state index in [0.717, 1.165) is 18.9 Å². The van der Waals surface area contributed by atoms with E-state index in [1.54, 1.807) is 4.90 Å². The standard InChI is InChI=1S/C15H16ClFN4O3/c16-11-12-9(5-10(17)13(11)19-4-3-7(18)6-19)14(22)21(24)15(23)20(12)8-1-2-8/h5,7-8,24H,1-4,6,18H2/t7-/m0/s1. The SMILES string of the molecule is N[C@H]1CCN(c2c(F)cc3c(=O)n(O)c(=O)n(C4CC4)c3c2Cl)C1. The van der Waals surface area contributed by atoms with E-state index in [-0.39, 0.29) is 38.4 Å². The zero-order valence-corrected chi connectivity index (χ0v) is 13.5. The van der Waals surface area contributed by atoms with Crippen LogP contribution < -0.4 is 21.9 Å². The lowest BCUT2D eigenvalue weighted by Crippen LogP contribution is -2.39. The quantitative estimate of drug-likeness (QED) is 0.787. The van der Waals surface area contributed by atoms with E-state index in [9.17, 15) is 19.2 Å². The minimum atomic E-state index is -0.975. The van der Waals surface area contributed by atoms with Crippen LogP contribution in [0.15, 0.2) is 15.7 Å². The van der Waals surface area contributed by atoms with Crippen LogP contribution in [0.25, 0.3) is 10.9 Å². The van der Waals surface area contributed by atoms with E-state index in [1.165, 1.54) is 4.57 Å². The molecule has 1 aliphatic carbocycles. The molecule has 7 nitrogen and oxygen atoms in total. The first-order valence-electron chi connectivity index (χ1n) is 7.79. The Labute approximate surface area is 140 Å². The molecule has 2 aliphatic rings. The van der Waals surface area contributed by atoms with Crippen LogP contribution in [0.3, 0.4) is 0 Å². The molecule has 2 heterocycles. The number of benzene rings is 1. The molecule has 0 unspecified atom stereocenters. The molecule has 1 aromatic carbocycles. The van der Waals surface area contributed by atoms with Crippen molar-refractivity contribution < 1.29 is 9.60 Å². The number of fused-ring (bicyclic) bond motifs is 1. The van der Waals surface area contributed by atoms with Crippen molar-refractivity contribution in [3.63, 3.8) is 0 Å². The van der Waals surface area contributed by atoms with Crippen LogP contribution >= 0.6 is 11.6 Å². The Bertz CT molecular complexity index is 966. The Morgan fingerprint density at radius 2 is 2.00 bits per heavy atom. The predicted octanol–water partition coefficient (Wildman–Crippen LogP) is 1.07. The van der Waals surface area contributed by atoms with E-state index in [1.807, 2.05) is 0 Å². The molecule has 0 radical (unpaired) electrons. The van der Waals surface area contributed by atoms with Gasteiger partial charge in [0.05, 0.1) is 21.6 Å². The second-order valence-corrected chi connectivity index (χ2v) is 6.79. The highest BCUT2D eigenvalue weighted by Gasteiger charge is 2.32. The van der Waals surface area contributed by atoms with Crippen molar-refractivity contribution in [1.29, 1.82) is 0 Å². The van der Waals surface area contributed by atoms with Crippen molar-refractivity contribution in [2.75, 3.05) is 18.0 Å². The average Bonchev–Trinajstić information content (AvgIpc) is 3.28. The summed E-state index contributed by atoms with van der Waals surface area (Å²) in [4.78, 5) is 26.2. The first kappa shape index (κ1) is 15.5. The van der Waals surface area contributed by atoms with E-state index >= 15 is 0 Å². The topological polar surface area (TPSA) is 93.5 Å². The van der Waals surface area contributed by atoms with Gasteiger partial charge in [-0.2, -0.15) is 0 Å². The number of hydrogen-bond acceptors (Lipinski definition) is 5. The van der Waals surface area contributed by atoms with Gasteiger partial charge in [-0.15, -0.1) is 0 Å². The van der Waals surface area contributed by atoms with Crippen LogP contribution in [0.2, 0.25) is 5.02 Å². The molecule has 1 aromatic heterocycles. The number of halogens is 2. The third kappa shape index (κ3) is 2.13. The minimum absolute atomic E-state index is 0.0146. The van der Waals surface area contributed by atoms with Crippen molar-refractivity contribution in [3.8, 4) is 0 Å². The first-order valence-corrected chi connectivity index (χ1v) is 8.17. The molecule has 1 atom stereocenters. The molecule has 2 fully saturated rings. The molecule has 4 rings (SSSR count). The van der Waals surface area contributed by atoms with Crippen molar-refractivity contribution >= 4 is 28.2 Å². The molecule has 2 aromatic rings. The minimum Gasteiger partial charge on any atom is -0.421 e. The number of hydrogen-bond donors (Lipinski definition) is 2. The molecule has 1 saturated carbocycles. The van der Waals surface area contributed by atoms with Gasteiger partial charge >= 0.3 is 5.69 Å². The highest BCUT2D eigenvalue weighted by molar-refractivity contribution is 6.38. The predicted molar refractivity (Wildman–Crippen MR) is 87.7 cm³/mol. The smallest absolute Gasteiger partial charge is 0.365 e. The van der Waals surface area contributed by atoms with Crippen molar-refractivity contribution in [1.82, 2.24) is 9.30 Å². The molecule has 1 saturated heterocycles. The summed E-state index contributed by atoms with van der Waals surface area (Å²) in [6.07, 6.45) is 2.19. The van der Waals surface area contributed by atoms with Gasteiger partial charge < -0.3 is 15.8 Å². The van der Waals surface area contributed by atoms with E-state index < -0.39 is 17.1 Å². The summed E-state index contributed by atoms with van der Waals surface area (Å²) >= 11 is 6.44. The summed E-state index contributed by atoms with van der Waals surface area (Å²) in [6, 6.07) is 0.816. The molecule has 0 amide bonds. The maximum Gasteiger partial charge on any atom is 0.365 e. The average molecular weight is 355 g/mol. The number of nitrogens with zero attached hydrogens (tertiary/aromatic N) is 3. The van der Waals surface area contributed by atoms with Crippen molar-refractivity contribution in [2.45, 2.75) is 31.3 Å². The number of aromatic nitrogens is 2. The molecule has 128 valence electrons. The maximum absolute atomic E-state index is 14.6. The summed E-state index contributed by atoms with van der Waals surface area (Å²) in [7, 11) is 0. The summed E-state index contributed by atoms with van der Waals surface area (Å²) in [5, 5.41) is 9.64. The second kappa shape index (κ2) is 5.22. The molecule has 24 heavy (non-hydrogen) atoms. The summed E-state index contributed by atoms with van der Waals surface area (Å²) in [5.74, 6) is -0.667. The number of rotatable bonds is 2. The van der Waals surface area contributed by atoms with Gasteiger partial charge in [0.15, 0.2) is 0 Å². The fraction of sp³-hybridized carbons (Fsp3) is 0.467. The largest absolute Gasteiger partial charge is 0.421 e. The van der Waals surface area contributed by atoms with E-state index in [0.29, 0.717) is 19.5 Å². The van der Waals surface area contributed by atoms with Gasteiger partial charge in [0.1, 0.15) is 5.82 Å². The van der Waals surface area contributed by atoms with Gasteiger partial charge in [0.25, 0.3) is 5.56 Å². The molecule has 0 bridgehead atoms. The maximum atomic E-state index is 14.6. The summed E-state index contributed by atoms with van der Waals surface area (Å²) < 4.78 is 15.9. The molecule has 0 spiro atoms. The van der Waals surface area contributed by atoms with Crippen LogP contribution in [0.1, 0.15) is 25.3 Å². The van der Waals surface area contributed by atoms with Crippen molar-refractivity contribution in [3.05, 3.63) is 37.7 Å². The summed E-state index contributed by atoms with van der Waals surface area (Å²) in [6.45, 7) is 1.00. The molecule has 1 aliphatic heterocycles. The van der Waals surface area contributed by atoms with Gasteiger partial charge in [0, 0.05) is 25.2 Å². The zero-order valence-electron chi connectivity index (χ0n) is 12.7. The molecular formula is C15H16ClFN4O3. The Hall–Kier alpha value is -2.06. The number of nitrogens with two attached hydrogens (primary N) is 1. The molecular weight excluding hydrogens is 339 g/mol. The van der Waals surface area contributed by atoms with Gasteiger partial charge in [0.2, 0.25) is 0 Å². The lowest BCUT2D eigenvalue weighted by atomic mass is 10.2. The Kier molecular flexibility index (Phi) is 3.36. The van der Waals surface area contributed by atoms with Gasteiger partial charge in [-0.3, -0.25) is 9.36 Å².